The highest BCUT2D eigenvalue weighted by Gasteiger charge is 2.60. The first-order valence-corrected chi connectivity index (χ1v) is 14.2. The summed E-state index contributed by atoms with van der Waals surface area (Å²) in [6, 6.07) is 0. The fourth-order valence-electron chi connectivity index (χ4n) is 9.60. The molecule has 0 spiro atoms. The van der Waals surface area contributed by atoms with Crippen LogP contribution in [0.5, 0.6) is 0 Å². The van der Waals surface area contributed by atoms with Crippen LogP contribution in [0.15, 0.2) is 0 Å². The molecule has 32 heavy (non-hydrogen) atoms. The molecule has 184 valence electrons. The number of hydrogen-bond acceptors (Lipinski definition) is 2. The third-order valence-corrected chi connectivity index (χ3v) is 11.9. The smallest absolute Gasteiger partial charge is 0.302 e. The number of esters is 1. The Balaban J connectivity index is 1.43. The fraction of sp³-hybridized carbons (Fsp3) is 0.967. The van der Waals surface area contributed by atoms with Crippen LogP contribution in [-0.4, -0.2) is 12.1 Å². The molecule has 0 heterocycles. The number of hydrogen-bond donors (Lipinski definition) is 0. The second-order valence-corrected chi connectivity index (χ2v) is 13.7. The van der Waals surface area contributed by atoms with Crippen molar-refractivity contribution in [3.63, 3.8) is 0 Å². The third kappa shape index (κ3) is 4.31. The quantitative estimate of drug-likeness (QED) is 0.385. The van der Waals surface area contributed by atoms with Gasteiger partial charge in [-0.2, -0.15) is 0 Å². The zero-order valence-electron chi connectivity index (χ0n) is 22.3. The molecular formula is C30H52O2. The summed E-state index contributed by atoms with van der Waals surface area (Å²) in [7, 11) is 0. The van der Waals surface area contributed by atoms with E-state index < -0.39 is 0 Å². The zero-order valence-corrected chi connectivity index (χ0v) is 22.3. The molecule has 4 aliphatic rings. The fourth-order valence-corrected chi connectivity index (χ4v) is 9.60. The minimum atomic E-state index is -0.0883. The topological polar surface area (TPSA) is 26.3 Å². The molecule has 0 unspecified atom stereocenters. The van der Waals surface area contributed by atoms with Gasteiger partial charge in [-0.25, -0.2) is 0 Å². The van der Waals surface area contributed by atoms with Gasteiger partial charge in [0, 0.05) is 6.92 Å². The Kier molecular flexibility index (Phi) is 7.11. The largest absolute Gasteiger partial charge is 0.463 e. The van der Waals surface area contributed by atoms with Crippen LogP contribution in [-0.2, 0) is 9.53 Å². The van der Waals surface area contributed by atoms with Crippen LogP contribution in [0.3, 0.4) is 0 Å². The van der Waals surface area contributed by atoms with Crippen molar-refractivity contribution in [2.75, 3.05) is 0 Å². The van der Waals surface area contributed by atoms with E-state index in [1.165, 1.54) is 57.8 Å². The van der Waals surface area contributed by atoms with Crippen LogP contribution in [0.25, 0.3) is 0 Å². The summed E-state index contributed by atoms with van der Waals surface area (Å²) in [5, 5.41) is 0. The van der Waals surface area contributed by atoms with Crippen LogP contribution in [0.1, 0.15) is 119 Å². The van der Waals surface area contributed by atoms with E-state index in [4.69, 9.17) is 4.74 Å². The van der Waals surface area contributed by atoms with Gasteiger partial charge in [0.25, 0.3) is 0 Å². The lowest BCUT2D eigenvalue weighted by molar-refractivity contribution is -0.160. The van der Waals surface area contributed by atoms with Gasteiger partial charge in [0.15, 0.2) is 0 Å². The Labute approximate surface area is 199 Å². The van der Waals surface area contributed by atoms with Crippen molar-refractivity contribution in [2.24, 2.45) is 58.2 Å². The molecule has 0 aromatic rings. The van der Waals surface area contributed by atoms with Crippen LogP contribution < -0.4 is 0 Å². The number of carbonyl (C=O) groups excluding carboxylic acids is 1. The molecule has 0 saturated heterocycles. The Bertz CT molecular complexity index is 670. The van der Waals surface area contributed by atoms with Crippen molar-refractivity contribution in [3.05, 3.63) is 0 Å². The minimum absolute atomic E-state index is 0.0883. The van der Waals surface area contributed by atoms with Crippen molar-refractivity contribution in [1.82, 2.24) is 0 Å². The zero-order chi connectivity index (χ0) is 23.3. The Morgan fingerprint density at radius 1 is 0.875 bits per heavy atom. The molecule has 4 rings (SSSR count). The molecule has 0 radical (unpaired) electrons. The van der Waals surface area contributed by atoms with Gasteiger partial charge >= 0.3 is 5.97 Å². The van der Waals surface area contributed by atoms with Crippen molar-refractivity contribution in [3.8, 4) is 0 Å². The van der Waals surface area contributed by atoms with Gasteiger partial charge in [0.2, 0.25) is 0 Å². The van der Waals surface area contributed by atoms with Crippen molar-refractivity contribution in [1.29, 1.82) is 0 Å². The first kappa shape index (κ1) is 24.6. The summed E-state index contributed by atoms with van der Waals surface area (Å²) >= 11 is 0. The monoisotopic (exact) mass is 444 g/mol. The van der Waals surface area contributed by atoms with Gasteiger partial charge in [-0.1, -0.05) is 54.4 Å². The minimum Gasteiger partial charge on any atom is -0.463 e. The molecule has 4 saturated carbocycles. The van der Waals surface area contributed by atoms with Crippen LogP contribution in [0.2, 0.25) is 0 Å². The summed E-state index contributed by atoms with van der Waals surface area (Å²) in [6.45, 7) is 16.7. The van der Waals surface area contributed by atoms with E-state index >= 15 is 0 Å². The second-order valence-electron chi connectivity index (χ2n) is 13.7. The van der Waals surface area contributed by atoms with Crippen molar-refractivity contribution < 1.29 is 9.53 Å². The summed E-state index contributed by atoms with van der Waals surface area (Å²) < 4.78 is 5.66. The predicted molar refractivity (Wildman–Crippen MR) is 133 cm³/mol. The maximum absolute atomic E-state index is 11.5. The third-order valence-electron chi connectivity index (χ3n) is 11.9. The van der Waals surface area contributed by atoms with Crippen LogP contribution >= 0.6 is 0 Å². The molecule has 2 heteroatoms. The molecule has 0 aliphatic heterocycles. The normalized spacial score (nSPS) is 45.5. The van der Waals surface area contributed by atoms with E-state index in [-0.39, 0.29) is 12.1 Å². The Hall–Kier alpha value is -0.530. The highest BCUT2D eigenvalue weighted by molar-refractivity contribution is 5.66. The molecule has 0 N–H and O–H groups in total. The maximum atomic E-state index is 11.5. The SMILES string of the molecule is CC(=O)O[C@H]1CC[C@@]2(C)[C@@H](CC[C@@H]3[C@@H]2CC[C@]2(C)[C@@H]([C@H](C)CC[C@@H](C)C(C)C)CC[C@@H]32)C1. The molecule has 0 aromatic heterocycles. The lowest BCUT2D eigenvalue weighted by Crippen LogP contribution is -2.54. The lowest BCUT2D eigenvalue weighted by Gasteiger charge is -2.61. The van der Waals surface area contributed by atoms with E-state index in [1.807, 2.05) is 0 Å². The van der Waals surface area contributed by atoms with Gasteiger partial charge in [-0.15, -0.1) is 0 Å². The highest BCUT2D eigenvalue weighted by Crippen LogP contribution is 2.68. The molecule has 0 amide bonds. The molecule has 2 nitrogen and oxygen atoms in total. The van der Waals surface area contributed by atoms with E-state index in [0.717, 1.165) is 60.2 Å². The number of fused-ring (bicyclic) bond motifs is 5. The van der Waals surface area contributed by atoms with Gasteiger partial charge in [0.05, 0.1) is 0 Å². The second kappa shape index (κ2) is 9.26. The summed E-state index contributed by atoms with van der Waals surface area (Å²) in [5.41, 5.74) is 1.07. The van der Waals surface area contributed by atoms with Crippen molar-refractivity contribution in [2.45, 2.75) is 125 Å². The molecule has 0 aromatic carbocycles. The Morgan fingerprint density at radius 3 is 2.25 bits per heavy atom. The molecule has 4 aliphatic carbocycles. The first-order chi connectivity index (χ1) is 15.1. The van der Waals surface area contributed by atoms with E-state index in [9.17, 15) is 4.79 Å². The number of carbonyl (C=O) groups is 1. The summed E-state index contributed by atoms with van der Waals surface area (Å²) in [4.78, 5) is 11.5. The lowest BCUT2D eigenvalue weighted by atomic mass is 9.44. The predicted octanol–water partition coefficient (Wildman–Crippen LogP) is 8.29. The number of ether oxygens (including phenoxy) is 1. The molecule has 10 atom stereocenters. The number of rotatable bonds is 6. The van der Waals surface area contributed by atoms with Gasteiger partial charge < -0.3 is 4.74 Å². The van der Waals surface area contributed by atoms with Crippen LogP contribution in [0.4, 0.5) is 0 Å². The van der Waals surface area contributed by atoms with E-state index in [2.05, 4.69) is 41.5 Å². The summed E-state index contributed by atoms with van der Waals surface area (Å²) in [5.74, 6) is 6.99. The molecule has 4 fully saturated rings. The maximum Gasteiger partial charge on any atom is 0.302 e. The van der Waals surface area contributed by atoms with Gasteiger partial charge in [0.1, 0.15) is 6.10 Å². The summed E-state index contributed by atoms with van der Waals surface area (Å²) in [6.07, 6.45) is 15.2. The molecular weight excluding hydrogens is 392 g/mol. The van der Waals surface area contributed by atoms with E-state index in [0.29, 0.717) is 10.8 Å². The average Bonchev–Trinajstić information content (AvgIpc) is 3.08. The van der Waals surface area contributed by atoms with Gasteiger partial charge in [-0.05, 0) is 116 Å². The molecule has 0 bridgehead atoms. The standard InChI is InChI=1S/C30H52O2/c1-19(2)20(3)8-9-21(4)26-12-13-27-25-11-10-23-18-24(32-22(5)31)14-16-29(23,6)28(25)15-17-30(26,27)7/h19-21,23-28H,8-18H2,1-7H3/t20-,21-,23+,24+,25+,26-,27+,28+,29+,30-/m1/s1. The van der Waals surface area contributed by atoms with Crippen molar-refractivity contribution >= 4 is 5.97 Å². The Morgan fingerprint density at radius 2 is 1.56 bits per heavy atom. The van der Waals surface area contributed by atoms with Gasteiger partial charge in [-0.3, -0.25) is 4.79 Å². The highest BCUT2D eigenvalue weighted by atomic mass is 16.5. The average molecular weight is 445 g/mol. The van der Waals surface area contributed by atoms with E-state index in [1.54, 1.807) is 6.92 Å². The van der Waals surface area contributed by atoms with Crippen LogP contribution in [0, 0.1) is 58.2 Å². The first-order valence-electron chi connectivity index (χ1n) is 14.2.